The lowest BCUT2D eigenvalue weighted by molar-refractivity contribution is -0.119. The number of para-hydroxylation sites is 1. The van der Waals surface area contributed by atoms with Crippen LogP contribution >= 0.6 is 0 Å². The van der Waals surface area contributed by atoms with E-state index in [0.717, 1.165) is 50.5 Å². The summed E-state index contributed by atoms with van der Waals surface area (Å²) < 4.78 is 0. The maximum Gasteiger partial charge on any atom is 0.226 e. The molecule has 3 nitrogen and oxygen atoms in total. The van der Waals surface area contributed by atoms with Crippen LogP contribution in [0.2, 0.25) is 0 Å². The van der Waals surface area contributed by atoms with Crippen molar-refractivity contribution >= 4 is 11.6 Å². The molecule has 0 saturated carbocycles. The molecule has 1 aromatic rings. The number of fused-ring (bicyclic) bond motifs is 1. The first-order chi connectivity index (χ1) is 10.8. The van der Waals surface area contributed by atoms with Crippen molar-refractivity contribution in [1.29, 1.82) is 0 Å². The molecule has 1 amide bonds. The van der Waals surface area contributed by atoms with Crippen LogP contribution in [-0.4, -0.2) is 25.5 Å². The molecule has 1 N–H and O–H groups in total. The van der Waals surface area contributed by atoms with Gasteiger partial charge in [0.1, 0.15) is 0 Å². The molecule has 1 saturated heterocycles. The zero-order chi connectivity index (χ0) is 15.2. The summed E-state index contributed by atoms with van der Waals surface area (Å²) in [6, 6.07) is 8.47. The van der Waals surface area contributed by atoms with Gasteiger partial charge in [-0.15, -0.1) is 0 Å². The number of amides is 1. The molecule has 2 aliphatic rings. The third-order valence-electron chi connectivity index (χ3n) is 5.14. The third kappa shape index (κ3) is 3.89. The van der Waals surface area contributed by atoms with E-state index in [1.807, 2.05) is 0 Å². The number of hydrogen-bond donors (Lipinski definition) is 1. The zero-order valence-corrected chi connectivity index (χ0v) is 13.5. The van der Waals surface area contributed by atoms with Crippen molar-refractivity contribution in [3.05, 3.63) is 29.8 Å². The first-order valence-corrected chi connectivity index (χ1v) is 8.93. The van der Waals surface area contributed by atoms with Crippen LogP contribution in [0, 0.1) is 5.92 Å². The lowest BCUT2D eigenvalue weighted by Crippen LogP contribution is -2.34. The molecule has 3 heteroatoms. The van der Waals surface area contributed by atoms with Crippen LogP contribution in [0.4, 0.5) is 5.69 Å². The molecule has 0 atom stereocenters. The fraction of sp³-hybridized carbons (Fsp3) is 0.632. The van der Waals surface area contributed by atoms with Crippen LogP contribution in [0.3, 0.4) is 0 Å². The summed E-state index contributed by atoms with van der Waals surface area (Å²) in [6.45, 7) is 3.12. The Balaban J connectivity index is 1.65. The van der Waals surface area contributed by atoms with Crippen LogP contribution < -0.4 is 10.2 Å². The maximum atomic E-state index is 12.8. The SMILES string of the molecule is O=C(CCC1CCNCC1)N1CCCCCc2ccccc21. The van der Waals surface area contributed by atoms with Gasteiger partial charge in [0.25, 0.3) is 0 Å². The number of nitrogens with zero attached hydrogens (tertiary/aromatic N) is 1. The zero-order valence-electron chi connectivity index (χ0n) is 13.5. The summed E-state index contributed by atoms with van der Waals surface area (Å²) >= 11 is 0. The third-order valence-corrected chi connectivity index (χ3v) is 5.14. The highest BCUT2D eigenvalue weighted by Gasteiger charge is 2.21. The Morgan fingerprint density at radius 1 is 1.14 bits per heavy atom. The summed E-state index contributed by atoms with van der Waals surface area (Å²) in [5.74, 6) is 1.06. The predicted molar refractivity (Wildman–Crippen MR) is 91.2 cm³/mol. The lowest BCUT2D eigenvalue weighted by Gasteiger charge is -2.28. The highest BCUT2D eigenvalue weighted by Crippen LogP contribution is 2.27. The molecule has 0 spiro atoms. The van der Waals surface area contributed by atoms with Crippen molar-refractivity contribution in [3.63, 3.8) is 0 Å². The van der Waals surface area contributed by atoms with Gasteiger partial charge in [0.15, 0.2) is 0 Å². The number of piperidine rings is 1. The molecule has 1 fully saturated rings. The summed E-state index contributed by atoms with van der Waals surface area (Å²) in [6.07, 6.45) is 8.92. The Labute approximate surface area is 134 Å². The molecule has 1 aromatic carbocycles. The van der Waals surface area contributed by atoms with Crippen molar-refractivity contribution in [2.24, 2.45) is 5.92 Å². The van der Waals surface area contributed by atoms with Gasteiger partial charge in [-0.1, -0.05) is 24.6 Å². The molecule has 120 valence electrons. The molecular formula is C19H28N2O. The monoisotopic (exact) mass is 300 g/mol. The number of carbonyl (C=O) groups excluding carboxylic acids is 1. The van der Waals surface area contributed by atoms with Crippen LogP contribution in [-0.2, 0) is 11.2 Å². The van der Waals surface area contributed by atoms with E-state index in [4.69, 9.17) is 0 Å². The number of benzene rings is 1. The second kappa shape index (κ2) is 7.77. The highest BCUT2D eigenvalue weighted by atomic mass is 16.2. The van der Waals surface area contributed by atoms with Gasteiger partial charge in [-0.3, -0.25) is 4.79 Å². The smallest absolute Gasteiger partial charge is 0.226 e. The molecular weight excluding hydrogens is 272 g/mol. The van der Waals surface area contributed by atoms with Gasteiger partial charge in [-0.2, -0.15) is 0 Å². The first kappa shape index (κ1) is 15.5. The van der Waals surface area contributed by atoms with Crippen molar-refractivity contribution in [2.75, 3.05) is 24.5 Å². The minimum absolute atomic E-state index is 0.327. The Kier molecular flexibility index (Phi) is 5.49. The van der Waals surface area contributed by atoms with Gasteiger partial charge in [-0.05, 0) is 69.2 Å². The van der Waals surface area contributed by atoms with E-state index in [1.165, 1.54) is 31.2 Å². The Morgan fingerprint density at radius 3 is 2.82 bits per heavy atom. The van der Waals surface area contributed by atoms with Crippen molar-refractivity contribution in [1.82, 2.24) is 5.32 Å². The van der Waals surface area contributed by atoms with Crippen LogP contribution in [0.25, 0.3) is 0 Å². The van der Waals surface area contributed by atoms with Crippen LogP contribution in [0.5, 0.6) is 0 Å². The van der Waals surface area contributed by atoms with Gasteiger partial charge in [0, 0.05) is 18.7 Å². The van der Waals surface area contributed by atoms with Gasteiger partial charge >= 0.3 is 0 Å². The molecule has 0 bridgehead atoms. The molecule has 0 aliphatic carbocycles. The second-order valence-electron chi connectivity index (χ2n) is 6.72. The van der Waals surface area contributed by atoms with E-state index in [9.17, 15) is 4.79 Å². The number of hydrogen-bond acceptors (Lipinski definition) is 2. The van der Waals surface area contributed by atoms with Gasteiger partial charge in [0.05, 0.1) is 0 Å². The molecule has 2 aliphatic heterocycles. The van der Waals surface area contributed by atoms with Gasteiger partial charge in [-0.25, -0.2) is 0 Å². The van der Waals surface area contributed by atoms with Gasteiger partial charge < -0.3 is 10.2 Å². The van der Waals surface area contributed by atoms with Crippen LogP contribution in [0.1, 0.15) is 50.5 Å². The average Bonchev–Trinajstić information content (AvgIpc) is 2.55. The average molecular weight is 300 g/mol. The molecule has 0 radical (unpaired) electrons. The molecule has 0 aromatic heterocycles. The molecule has 0 unspecified atom stereocenters. The maximum absolute atomic E-state index is 12.8. The Bertz CT molecular complexity index is 494. The minimum Gasteiger partial charge on any atom is -0.317 e. The second-order valence-corrected chi connectivity index (χ2v) is 6.72. The summed E-state index contributed by atoms with van der Waals surface area (Å²) in [4.78, 5) is 14.8. The number of nitrogens with one attached hydrogen (secondary N) is 1. The number of rotatable bonds is 3. The molecule has 2 heterocycles. The van der Waals surface area contributed by atoms with E-state index < -0.39 is 0 Å². The standard InChI is InChI=1S/C19H28N2O/c22-19(10-9-16-11-13-20-14-12-16)21-15-5-1-2-6-17-7-3-4-8-18(17)21/h3-4,7-8,16,20H,1-2,5-6,9-15H2. The Morgan fingerprint density at radius 2 is 1.95 bits per heavy atom. The van der Waals surface area contributed by atoms with Crippen molar-refractivity contribution in [2.45, 2.75) is 51.4 Å². The largest absolute Gasteiger partial charge is 0.317 e. The van der Waals surface area contributed by atoms with E-state index in [1.54, 1.807) is 0 Å². The normalized spacial score (nSPS) is 20.1. The highest BCUT2D eigenvalue weighted by molar-refractivity contribution is 5.94. The Hall–Kier alpha value is -1.35. The number of anilines is 1. The van der Waals surface area contributed by atoms with Crippen molar-refractivity contribution in [3.8, 4) is 0 Å². The van der Waals surface area contributed by atoms with Crippen LogP contribution in [0.15, 0.2) is 24.3 Å². The molecule has 3 rings (SSSR count). The van der Waals surface area contributed by atoms with Crippen molar-refractivity contribution < 1.29 is 4.79 Å². The summed E-state index contributed by atoms with van der Waals surface area (Å²) in [5, 5.41) is 3.40. The molecule has 22 heavy (non-hydrogen) atoms. The van der Waals surface area contributed by atoms with E-state index in [2.05, 4.69) is 34.5 Å². The first-order valence-electron chi connectivity index (χ1n) is 8.93. The summed E-state index contributed by atoms with van der Waals surface area (Å²) in [7, 11) is 0. The number of aryl methyl sites for hydroxylation is 1. The number of carbonyl (C=O) groups is 1. The van der Waals surface area contributed by atoms with E-state index in [-0.39, 0.29) is 0 Å². The fourth-order valence-corrected chi connectivity index (χ4v) is 3.76. The summed E-state index contributed by atoms with van der Waals surface area (Å²) in [5.41, 5.74) is 2.51. The predicted octanol–water partition coefficient (Wildman–Crippen LogP) is 3.53. The van der Waals surface area contributed by atoms with E-state index in [0.29, 0.717) is 12.3 Å². The minimum atomic E-state index is 0.327. The lowest BCUT2D eigenvalue weighted by atomic mass is 9.92. The van der Waals surface area contributed by atoms with Gasteiger partial charge in [0.2, 0.25) is 5.91 Å². The fourth-order valence-electron chi connectivity index (χ4n) is 3.76. The topological polar surface area (TPSA) is 32.3 Å². The quantitative estimate of drug-likeness (QED) is 0.926. The van der Waals surface area contributed by atoms with E-state index >= 15 is 0 Å².